The number of carbonyl (C=O) groups excluding carboxylic acids is 1. The van der Waals surface area contributed by atoms with E-state index >= 15 is 0 Å². The fourth-order valence-electron chi connectivity index (χ4n) is 2.97. The van der Waals surface area contributed by atoms with E-state index in [-0.39, 0.29) is 5.91 Å². The first-order valence-corrected chi connectivity index (χ1v) is 8.20. The first-order chi connectivity index (χ1) is 10.9. The van der Waals surface area contributed by atoms with Gasteiger partial charge in [-0.1, -0.05) is 23.8 Å². The maximum absolute atomic E-state index is 12.0. The van der Waals surface area contributed by atoms with Crippen molar-refractivity contribution in [2.45, 2.75) is 47.0 Å². The number of nitrogens with zero attached hydrogens (tertiary/aromatic N) is 2. The molecular formula is C19H27N3O. The van der Waals surface area contributed by atoms with Crippen LogP contribution < -0.4 is 5.32 Å². The molecule has 0 radical (unpaired) electrons. The molecule has 0 aliphatic rings. The van der Waals surface area contributed by atoms with Crippen molar-refractivity contribution >= 4 is 5.91 Å². The molecule has 4 heteroatoms. The molecule has 2 rings (SSSR count). The third-order valence-electron chi connectivity index (χ3n) is 4.48. The Bertz CT molecular complexity index is 701. The molecule has 0 bridgehead atoms. The van der Waals surface area contributed by atoms with Gasteiger partial charge in [0.1, 0.15) is 0 Å². The number of aromatic nitrogens is 2. The summed E-state index contributed by atoms with van der Waals surface area (Å²) in [6.45, 7) is 8.95. The fourth-order valence-corrected chi connectivity index (χ4v) is 2.97. The van der Waals surface area contributed by atoms with Gasteiger partial charge in [-0.2, -0.15) is 5.10 Å². The van der Waals surface area contributed by atoms with E-state index in [1.807, 2.05) is 18.7 Å². The third-order valence-corrected chi connectivity index (χ3v) is 4.48. The standard InChI is InChI=1S/C19H27N3O/c1-13-6-7-17(14(2)12-13)8-9-19(23)20-11-10-18-15(3)21-22(5)16(18)4/h6-7,12H,8-11H2,1-5H3,(H,20,23). The zero-order valence-electron chi connectivity index (χ0n) is 14.9. The SMILES string of the molecule is Cc1ccc(CCC(=O)NCCc2c(C)nn(C)c2C)c(C)c1. The van der Waals surface area contributed by atoms with Gasteiger partial charge < -0.3 is 5.32 Å². The van der Waals surface area contributed by atoms with Gasteiger partial charge in [-0.3, -0.25) is 9.48 Å². The average molecular weight is 313 g/mol. The van der Waals surface area contributed by atoms with Crippen molar-refractivity contribution in [2.75, 3.05) is 6.54 Å². The highest BCUT2D eigenvalue weighted by molar-refractivity contribution is 5.76. The Labute approximate surface area is 138 Å². The van der Waals surface area contributed by atoms with Crippen molar-refractivity contribution in [2.24, 2.45) is 7.05 Å². The fraction of sp³-hybridized carbons (Fsp3) is 0.474. The molecule has 2 aromatic rings. The van der Waals surface area contributed by atoms with E-state index in [1.54, 1.807) is 0 Å². The van der Waals surface area contributed by atoms with Crippen LogP contribution in [0.2, 0.25) is 0 Å². The summed E-state index contributed by atoms with van der Waals surface area (Å²) in [6, 6.07) is 6.40. The van der Waals surface area contributed by atoms with Crippen LogP contribution in [-0.2, 0) is 24.7 Å². The lowest BCUT2D eigenvalue weighted by molar-refractivity contribution is -0.121. The Hall–Kier alpha value is -2.10. The van der Waals surface area contributed by atoms with E-state index in [2.05, 4.69) is 49.4 Å². The minimum absolute atomic E-state index is 0.115. The Morgan fingerprint density at radius 1 is 1.17 bits per heavy atom. The third kappa shape index (κ3) is 4.44. The van der Waals surface area contributed by atoms with E-state index in [9.17, 15) is 4.79 Å². The summed E-state index contributed by atoms with van der Waals surface area (Å²) >= 11 is 0. The number of hydrogen-bond donors (Lipinski definition) is 1. The molecule has 1 aromatic carbocycles. The summed E-state index contributed by atoms with van der Waals surface area (Å²) in [4.78, 5) is 12.0. The quantitative estimate of drug-likeness (QED) is 0.891. The van der Waals surface area contributed by atoms with E-state index < -0.39 is 0 Å². The summed E-state index contributed by atoms with van der Waals surface area (Å²) in [5.41, 5.74) is 7.24. The van der Waals surface area contributed by atoms with Crippen LogP contribution in [0.3, 0.4) is 0 Å². The maximum Gasteiger partial charge on any atom is 0.220 e. The second kappa shape index (κ2) is 7.44. The van der Waals surface area contributed by atoms with Crippen LogP contribution in [0.1, 0.15) is 40.1 Å². The summed E-state index contributed by atoms with van der Waals surface area (Å²) < 4.78 is 1.90. The van der Waals surface area contributed by atoms with Crippen LogP contribution in [0.4, 0.5) is 0 Å². The predicted molar refractivity (Wildman–Crippen MR) is 93.6 cm³/mol. The molecule has 124 valence electrons. The molecule has 0 fully saturated rings. The molecule has 0 aliphatic carbocycles. The number of aryl methyl sites for hydroxylation is 5. The van der Waals surface area contributed by atoms with Gasteiger partial charge in [0, 0.05) is 25.7 Å². The smallest absolute Gasteiger partial charge is 0.220 e. The molecule has 0 saturated heterocycles. The van der Waals surface area contributed by atoms with Gasteiger partial charge in [-0.05, 0) is 57.2 Å². The normalized spacial score (nSPS) is 10.8. The van der Waals surface area contributed by atoms with Crippen LogP contribution in [-0.4, -0.2) is 22.2 Å². The molecule has 0 atom stereocenters. The first-order valence-electron chi connectivity index (χ1n) is 8.20. The van der Waals surface area contributed by atoms with Crippen LogP contribution >= 0.6 is 0 Å². The topological polar surface area (TPSA) is 46.9 Å². The highest BCUT2D eigenvalue weighted by atomic mass is 16.1. The molecule has 1 amide bonds. The summed E-state index contributed by atoms with van der Waals surface area (Å²) in [5, 5.41) is 7.43. The van der Waals surface area contributed by atoms with Crippen molar-refractivity contribution in [1.82, 2.24) is 15.1 Å². The van der Waals surface area contributed by atoms with Gasteiger partial charge in [0.15, 0.2) is 0 Å². The number of amides is 1. The number of rotatable bonds is 6. The molecule has 0 aliphatic heterocycles. The van der Waals surface area contributed by atoms with Gasteiger partial charge in [0.2, 0.25) is 5.91 Å². The molecular weight excluding hydrogens is 286 g/mol. The Kier molecular flexibility index (Phi) is 5.59. The molecule has 1 aromatic heterocycles. The highest BCUT2D eigenvalue weighted by Crippen LogP contribution is 2.13. The van der Waals surface area contributed by atoms with E-state index in [4.69, 9.17) is 0 Å². The zero-order valence-corrected chi connectivity index (χ0v) is 14.9. The van der Waals surface area contributed by atoms with E-state index in [0.717, 1.165) is 18.5 Å². The predicted octanol–water partition coefficient (Wildman–Crippen LogP) is 2.95. The lowest BCUT2D eigenvalue weighted by atomic mass is 10.0. The van der Waals surface area contributed by atoms with E-state index in [1.165, 1.54) is 27.9 Å². The van der Waals surface area contributed by atoms with Crippen LogP contribution in [0.15, 0.2) is 18.2 Å². The minimum atomic E-state index is 0.115. The van der Waals surface area contributed by atoms with Gasteiger partial charge in [-0.25, -0.2) is 0 Å². The number of benzene rings is 1. The monoisotopic (exact) mass is 313 g/mol. The lowest BCUT2D eigenvalue weighted by Gasteiger charge is -2.08. The Balaban J connectivity index is 1.79. The summed E-state index contributed by atoms with van der Waals surface area (Å²) in [5.74, 6) is 0.115. The molecule has 1 N–H and O–H groups in total. The van der Waals surface area contributed by atoms with Gasteiger partial charge in [0.25, 0.3) is 0 Å². The van der Waals surface area contributed by atoms with Crippen molar-refractivity contribution < 1.29 is 4.79 Å². The first kappa shape index (κ1) is 17.3. The molecule has 4 nitrogen and oxygen atoms in total. The summed E-state index contributed by atoms with van der Waals surface area (Å²) in [6.07, 6.45) is 2.17. The molecule has 23 heavy (non-hydrogen) atoms. The van der Waals surface area contributed by atoms with Gasteiger partial charge >= 0.3 is 0 Å². The Morgan fingerprint density at radius 3 is 2.52 bits per heavy atom. The van der Waals surface area contributed by atoms with Crippen molar-refractivity contribution in [3.05, 3.63) is 51.8 Å². The van der Waals surface area contributed by atoms with Crippen molar-refractivity contribution in [1.29, 1.82) is 0 Å². The number of carbonyl (C=O) groups is 1. The van der Waals surface area contributed by atoms with Crippen LogP contribution in [0, 0.1) is 27.7 Å². The minimum Gasteiger partial charge on any atom is -0.356 e. The number of hydrogen-bond acceptors (Lipinski definition) is 2. The zero-order chi connectivity index (χ0) is 17.0. The number of nitrogens with one attached hydrogen (secondary N) is 1. The maximum atomic E-state index is 12.0. The van der Waals surface area contributed by atoms with Gasteiger partial charge in [-0.15, -0.1) is 0 Å². The average Bonchev–Trinajstić information content (AvgIpc) is 2.72. The van der Waals surface area contributed by atoms with E-state index in [0.29, 0.717) is 13.0 Å². The molecule has 1 heterocycles. The second-order valence-corrected chi connectivity index (χ2v) is 6.30. The van der Waals surface area contributed by atoms with Gasteiger partial charge in [0.05, 0.1) is 5.69 Å². The largest absolute Gasteiger partial charge is 0.356 e. The molecule has 0 spiro atoms. The van der Waals surface area contributed by atoms with Crippen LogP contribution in [0.25, 0.3) is 0 Å². The lowest BCUT2D eigenvalue weighted by Crippen LogP contribution is -2.26. The van der Waals surface area contributed by atoms with Crippen LogP contribution in [0.5, 0.6) is 0 Å². The summed E-state index contributed by atoms with van der Waals surface area (Å²) in [7, 11) is 1.95. The molecule has 0 saturated carbocycles. The Morgan fingerprint density at radius 2 is 1.91 bits per heavy atom. The second-order valence-electron chi connectivity index (χ2n) is 6.30. The highest BCUT2D eigenvalue weighted by Gasteiger charge is 2.10. The van der Waals surface area contributed by atoms with Crippen molar-refractivity contribution in [3.8, 4) is 0 Å². The van der Waals surface area contributed by atoms with Crippen molar-refractivity contribution in [3.63, 3.8) is 0 Å². The molecule has 0 unspecified atom stereocenters.